The summed E-state index contributed by atoms with van der Waals surface area (Å²) in [5, 5.41) is 2.45. The molecule has 1 N–H and O–H groups in total. The summed E-state index contributed by atoms with van der Waals surface area (Å²) in [6.45, 7) is 0.164. The molecular formula is C21H19FN2O3S. The van der Waals surface area contributed by atoms with Gasteiger partial charge < -0.3 is 5.32 Å². The second kappa shape index (κ2) is 8.33. The lowest BCUT2D eigenvalue weighted by Crippen LogP contribution is -2.26. The standard InChI is InChI=1S/C21H19FN2O3S/c1-24(15-16-8-4-2-5-9-16)28(26,27)18-12-13-20(19(22)14-18)23-21(25)17-10-6-3-7-11-17/h2-14H,15H2,1H3,(H,23,25). The van der Waals surface area contributed by atoms with Crippen LogP contribution < -0.4 is 5.32 Å². The number of halogens is 1. The summed E-state index contributed by atoms with van der Waals surface area (Å²) in [6, 6.07) is 20.9. The zero-order valence-corrected chi connectivity index (χ0v) is 16.0. The molecule has 0 aromatic heterocycles. The summed E-state index contributed by atoms with van der Waals surface area (Å²) in [5.74, 6) is -1.30. The van der Waals surface area contributed by atoms with Gasteiger partial charge in [0, 0.05) is 19.2 Å². The number of sulfonamides is 1. The summed E-state index contributed by atoms with van der Waals surface area (Å²) in [5.41, 5.74) is 1.11. The Morgan fingerprint density at radius 1 is 0.964 bits per heavy atom. The molecule has 0 aliphatic carbocycles. The smallest absolute Gasteiger partial charge is 0.255 e. The minimum absolute atomic E-state index is 0.0847. The minimum atomic E-state index is -3.88. The minimum Gasteiger partial charge on any atom is -0.319 e. The third kappa shape index (κ3) is 4.44. The van der Waals surface area contributed by atoms with Gasteiger partial charge in [-0.1, -0.05) is 48.5 Å². The lowest BCUT2D eigenvalue weighted by molar-refractivity contribution is 0.102. The summed E-state index contributed by atoms with van der Waals surface area (Å²) in [6.07, 6.45) is 0. The second-order valence-electron chi connectivity index (χ2n) is 6.21. The van der Waals surface area contributed by atoms with Crippen molar-refractivity contribution in [2.75, 3.05) is 12.4 Å². The van der Waals surface area contributed by atoms with Gasteiger partial charge in [0.05, 0.1) is 10.6 Å². The molecule has 0 bridgehead atoms. The van der Waals surface area contributed by atoms with E-state index in [9.17, 15) is 17.6 Å². The Hall–Kier alpha value is -3.03. The molecule has 3 aromatic carbocycles. The first-order valence-corrected chi connectivity index (χ1v) is 9.98. The number of anilines is 1. The van der Waals surface area contributed by atoms with Crippen LogP contribution in [-0.4, -0.2) is 25.7 Å². The maximum absolute atomic E-state index is 14.4. The number of benzene rings is 3. The van der Waals surface area contributed by atoms with Crippen LogP contribution in [0.2, 0.25) is 0 Å². The van der Waals surface area contributed by atoms with Gasteiger partial charge in [-0.3, -0.25) is 4.79 Å². The van der Waals surface area contributed by atoms with Gasteiger partial charge in [0.2, 0.25) is 10.0 Å². The van der Waals surface area contributed by atoms with Crippen LogP contribution >= 0.6 is 0 Å². The van der Waals surface area contributed by atoms with Crippen molar-refractivity contribution in [3.63, 3.8) is 0 Å². The Balaban J connectivity index is 1.78. The van der Waals surface area contributed by atoms with E-state index in [4.69, 9.17) is 0 Å². The molecule has 3 rings (SSSR count). The Bertz CT molecular complexity index is 1070. The summed E-state index contributed by atoms with van der Waals surface area (Å²) >= 11 is 0. The quantitative estimate of drug-likeness (QED) is 0.685. The van der Waals surface area contributed by atoms with E-state index in [1.54, 1.807) is 30.3 Å². The van der Waals surface area contributed by atoms with Crippen molar-refractivity contribution in [1.82, 2.24) is 4.31 Å². The first-order valence-electron chi connectivity index (χ1n) is 8.54. The average molecular weight is 398 g/mol. The molecule has 0 fully saturated rings. The summed E-state index contributed by atoms with van der Waals surface area (Å²) in [4.78, 5) is 12.0. The monoisotopic (exact) mass is 398 g/mol. The van der Waals surface area contributed by atoms with Crippen LogP contribution in [-0.2, 0) is 16.6 Å². The van der Waals surface area contributed by atoms with E-state index < -0.39 is 21.7 Å². The van der Waals surface area contributed by atoms with Crippen LogP contribution in [0.5, 0.6) is 0 Å². The Kier molecular flexibility index (Phi) is 5.87. The predicted octanol–water partition coefficient (Wildman–Crippen LogP) is 3.90. The van der Waals surface area contributed by atoms with E-state index in [0.717, 1.165) is 15.9 Å². The largest absolute Gasteiger partial charge is 0.319 e. The number of nitrogens with zero attached hydrogens (tertiary/aromatic N) is 1. The molecule has 28 heavy (non-hydrogen) atoms. The molecule has 0 heterocycles. The number of nitrogens with one attached hydrogen (secondary N) is 1. The molecule has 144 valence electrons. The molecule has 3 aromatic rings. The predicted molar refractivity (Wildman–Crippen MR) is 106 cm³/mol. The molecule has 0 radical (unpaired) electrons. The Morgan fingerprint density at radius 3 is 2.18 bits per heavy atom. The van der Waals surface area contributed by atoms with Crippen molar-refractivity contribution in [3.05, 3.63) is 95.8 Å². The van der Waals surface area contributed by atoms with Gasteiger partial charge in [-0.15, -0.1) is 0 Å². The molecule has 1 amide bonds. The number of amides is 1. The van der Waals surface area contributed by atoms with E-state index in [1.165, 1.54) is 19.2 Å². The maximum atomic E-state index is 14.4. The van der Waals surface area contributed by atoms with Gasteiger partial charge in [0.1, 0.15) is 5.82 Å². The van der Waals surface area contributed by atoms with Crippen LogP contribution in [0.25, 0.3) is 0 Å². The zero-order valence-electron chi connectivity index (χ0n) is 15.2. The highest BCUT2D eigenvalue weighted by molar-refractivity contribution is 7.89. The normalized spacial score (nSPS) is 11.4. The third-order valence-electron chi connectivity index (χ3n) is 4.18. The molecule has 0 aliphatic heterocycles. The summed E-state index contributed by atoms with van der Waals surface area (Å²) in [7, 11) is -2.44. The maximum Gasteiger partial charge on any atom is 0.255 e. The van der Waals surface area contributed by atoms with Crippen LogP contribution in [0.1, 0.15) is 15.9 Å². The number of carbonyl (C=O) groups excluding carboxylic acids is 1. The molecule has 0 saturated heterocycles. The van der Waals surface area contributed by atoms with Crippen molar-refractivity contribution in [3.8, 4) is 0 Å². The molecule has 5 nitrogen and oxygen atoms in total. The van der Waals surface area contributed by atoms with Gasteiger partial charge in [-0.2, -0.15) is 4.31 Å². The van der Waals surface area contributed by atoms with Crippen LogP contribution in [0, 0.1) is 5.82 Å². The Morgan fingerprint density at radius 2 is 1.57 bits per heavy atom. The average Bonchev–Trinajstić information content (AvgIpc) is 2.70. The first-order chi connectivity index (χ1) is 13.4. The van der Waals surface area contributed by atoms with Crippen molar-refractivity contribution >= 4 is 21.6 Å². The third-order valence-corrected chi connectivity index (χ3v) is 5.98. The zero-order chi connectivity index (χ0) is 20.1. The molecule has 0 atom stereocenters. The summed E-state index contributed by atoms with van der Waals surface area (Å²) < 4.78 is 41.0. The van der Waals surface area contributed by atoms with Crippen LogP contribution in [0.4, 0.5) is 10.1 Å². The fourth-order valence-electron chi connectivity index (χ4n) is 2.65. The fourth-order valence-corrected chi connectivity index (χ4v) is 3.82. The molecule has 0 aliphatic rings. The van der Waals surface area contributed by atoms with Gasteiger partial charge in [-0.25, -0.2) is 12.8 Å². The fraction of sp³-hybridized carbons (Fsp3) is 0.0952. The van der Waals surface area contributed by atoms with E-state index in [0.29, 0.717) is 5.56 Å². The molecule has 0 spiro atoms. The van der Waals surface area contributed by atoms with Crippen LogP contribution in [0.3, 0.4) is 0 Å². The van der Waals surface area contributed by atoms with E-state index in [2.05, 4.69) is 5.32 Å². The highest BCUT2D eigenvalue weighted by Gasteiger charge is 2.22. The van der Waals surface area contributed by atoms with Crippen molar-refractivity contribution in [2.45, 2.75) is 11.4 Å². The van der Waals surface area contributed by atoms with Gasteiger partial charge in [0.25, 0.3) is 5.91 Å². The SMILES string of the molecule is CN(Cc1ccccc1)S(=O)(=O)c1ccc(NC(=O)c2ccccc2)c(F)c1. The highest BCUT2D eigenvalue weighted by Crippen LogP contribution is 2.23. The van der Waals surface area contributed by atoms with E-state index >= 15 is 0 Å². The number of rotatable bonds is 6. The van der Waals surface area contributed by atoms with Crippen molar-refractivity contribution in [1.29, 1.82) is 0 Å². The van der Waals surface area contributed by atoms with Crippen LogP contribution in [0.15, 0.2) is 83.8 Å². The van der Waals surface area contributed by atoms with E-state index in [1.807, 2.05) is 30.3 Å². The number of hydrogen-bond donors (Lipinski definition) is 1. The van der Waals surface area contributed by atoms with E-state index in [-0.39, 0.29) is 17.1 Å². The van der Waals surface area contributed by atoms with Gasteiger partial charge in [-0.05, 0) is 35.9 Å². The molecular weight excluding hydrogens is 379 g/mol. The number of carbonyl (C=O) groups is 1. The van der Waals surface area contributed by atoms with Crippen molar-refractivity contribution < 1.29 is 17.6 Å². The molecule has 0 unspecified atom stereocenters. The topological polar surface area (TPSA) is 66.5 Å². The van der Waals surface area contributed by atoms with Crippen molar-refractivity contribution in [2.24, 2.45) is 0 Å². The lowest BCUT2D eigenvalue weighted by atomic mass is 10.2. The highest BCUT2D eigenvalue weighted by atomic mass is 32.2. The lowest BCUT2D eigenvalue weighted by Gasteiger charge is -2.18. The molecule has 7 heteroatoms. The first kappa shape index (κ1) is 19.7. The molecule has 0 saturated carbocycles. The van der Waals surface area contributed by atoms with Gasteiger partial charge >= 0.3 is 0 Å². The van der Waals surface area contributed by atoms with Gasteiger partial charge in [0.15, 0.2) is 0 Å². The number of hydrogen-bond acceptors (Lipinski definition) is 3. The second-order valence-corrected chi connectivity index (χ2v) is 8.25. The Labute approximate surface area is 163 Å².